The maximum absolute atomic E-state index is 3.48. The number of halogens is 2. The van der Waals surface area contributed by atoms with E-state index in [4.69, 9.17) is 0 Å². The summed E-state index contributed by atoms with van der Waals surface area (Å²) in [6.07, 6.45) is 5.54. The lowest BCUT2D eigenvalue weighted by molar-refractivity contribution is -0.923. The molecule has 0 saturated heterocycles. The van der Waals surface area contributed by atoms with Crippen LogP contribution in [-0.4, -0.2) is 36.0 Å². The van der Waals surface area contributed by atoms with E-state index < -0.39 is 0 Å². The lowest BCUT2D eigenvalue weighted by Gasteiger charge is -2.35. The minimum atomic E-state index is 0. The molecule has 0 aromatic rings. The molecule has 15 heavy (non-hydrogen) atoms. The second-order valence-corrected chi connectivity index (χ2v) is 4.91. The van der Waals surface area contributed by atoms with Gasteiger partial charge in [-0.3, -0.25) is 0 Å². The molecule has 0 radical (unpaired) electrons. The Balaban J connectivity index is 0. The fourth-order valence-corrected chi connectivity index (χ4v) is 2.44. The molecule has 0 bridgehead atoms. The highest BCUT2D eigenvalue weighted by molar-refractivity contribution is 9.09. The van der Waals surface area contributed by atoms with Gasteiger partial charge in [0, 0.05) is 5.33 Å². The summed E-state index contributed by atoms with van der Waals surface area (Å²) in [6, 6.07) is 0. The summed E-state index contributed by atoms with van der Waals surface area (Å²) in [5.41, 5.74) is 0. The summed E-state index contributed by atoms with van der Waals surface area (Å²) < 4.78 is 1.31. The monoisotopic (exact) mass is 343 g/mol. The Morgan fingerprint density at radius 3 is 1.67 bits per heavy atom. The van der Waals surface area contributed by atoms with Crippen LogP contribution in [0.4, 0.5) is 0 Å². The van der Waals surface area contributed by atoms with Gasteiger partial charge in [0.15, 0.2) is 0 Å². The predicted molar refractivity (Wildman–Crippen MR) is 69.0 cm³/mol. The highest BCUT2D eigenvalue weighted by atomic mass is 79.9. The summed E-state index contributed by atoms with van der Waals surface area (Å²) in [5.74, 6) is 0. The van der Waals surface area contributed by atoms with E-state index in [1.165, 1.54) is 61.7 Å². The normalized spacial score (nSPS) is 11.2. The zero-order chi connectivity index (χ0) is 10.9. The SMILES string of the molecule is CC[N+](CC)(CC)CCCCCCBr.[Br-]. The molecule has 0 saturated carbocycles. The minimum Gasteiger partial charge on any atom is -1.00 e. The standard InChI is InChI=1S/C12H27BrN.BrH/c1-4-14(5-2,6-3)12-10-8-7-9-11-13;/h4-12H2,1-3H3;1H/q+1;/p-1. The molecule has 0 amide bonds. The van der Waals surface area contributed by atoms with Crippen LogP contribution in [0.2, 0.25) is 0 Å². The first-order chi connectivity index (χ1) is 6.74. The lowest BCUT2D eigenvalue weighted by atomic mass is 10.2. The molecule has 0 aliphatic carbocycles. The average Bonchev–Trinajstić information content (AvgIpc) is 2.24. The van der Waals surface area contributed by atoms with E-state index in [2.05, 4.69) is 36.7 Å². The van der Waals surface area contributed by atoms with E-state index in [0.29, 0.717) is 0 Å². The second kappa shape index (κ2) is 11.4. The Morgan fingerprint density at radius 2 is 1.27 bits per heavy atom. The number of nitrogens with zero attached hydrogens (tertiary/aromatic N) is 1. The third kappa shape index (κ3) is 7.76. The molecular weight excluding hydrogens is 318 g/mol. The van der Waals surface area contributed by atoms with E-state index in [1.54, 1.807) is 0 Å². The third-order valence-electron chi connectivity index (χ3n) is 3.53. The van der Waals surface area contributed by atoms with Crippen LogP contribution < -0.4 is 17.0 Å². The van der Waals surface area contributed by atoms with Crippen LogP contribution in [0.15, 0.2) is 0 Å². The smallest absolute Gasteiger partial charge is 0.0786 e. The minimum absolute atomic E-state index is 0. The van der Waals surface area contributed by atoms with Gasteiger partial charge in [-0.25, -0.2) is 0 Å². The van der Waals surface area contributed by atoms with E-state index in [9.17, 15) is 0 Å². The predicted octanol–water partition coefficient (Wildman–Crippen LogP) is 0.822. The van der Waals surface area contributed by atoms with Crippen LogP contribution in [-0.2, 0) is 0 Å². The van der Waals surface area contributed by atoms with Crippen LogP contribution in [0.3, 0.4) is 0 Å². The van der Waals surface area contributed by atoms with E-state index in [-0.39, 0.29) is 17.0 Å². The zero-order valence-corrected chi connectivity index (χ0v) is 13.7. The van der Waals surface area contributed by atoms with Crippen molar-refractivity contribution in [1.82, 2.24) is 0 Å². The molecule has 0 aliphatic rings. The van der Waals surface area contributed by atoms with Crippen molar-refractivity contribution in [3.05, 3.63) is 0 Å². The van der Waals surface area contributed by atoms with Gasteiger partial charge in [0.1, 0.15) is 0 Å². The van der Waals surface area contributed by atoms with Gasteiger partial charge in [0.05, 0.1) is 26.2 Å². The van der Waals surface area contributed by atoms with Crippen LogP contribution >= 0.6 is 15.9 Å². The Labute approximate surface area is 115 Å². The van der Waals surface area contributed by atoms with Gasteiger partial charge in [0.25, 0.3) is 0 Å². The van der Waals surface area contributed by atoms with Crippen molar-refractivity contribution in [2.45, 2.75) is 46.5 Å². The molecule has 0 fully saturated rings. The molecule has 0 N–H and O–H groups in total. The Kier molecular flexibility index (Phi) is 13.9. The molecule has 0 rings (SSSR count). The van der Waals surface area contributed by atoms with Gasteiger partial charge in [-0.1, -0.05) is 22.4 Å². The molecule has 0 unspecified atom stereocenters. The summed E-state index contributed by atoms with van der Waals surface area (Å²) >= 11 is 3.48. The van der Waals surface area contributed by atoms with Crippen molar-refractivity contribution in [2.75, 3.05) is 31.5 Å². The molecule has 0 atom stereocenters. The molecule has 0 spiro atoms. The molecule has 1 nitrogen and oxygen atoms in total. The Bertz CT molecular complexity index is 117. The maximum Gasteiger partial charge on any atom is 0.0786 e. The molecule has 0 aromatic carbocycles. The largest absolute Gasteiger partial charge is 1.00 e. The van der Waals surface area contributed by atoms with Crippen molar-refractivity contribution in [3.63, 3.8) is 0 Å². The van der Waals surface area contributed by atoms with Crippen LogP contribution in [0.25, 0.3) is 0 Å². The quantitative estimate of drug-likeness (QED) is 0.330. The molecule has 94 valence electrons. The van der Waals surface area contributed by atoms with Crippen molar-refractivity contribution >= 4 is 15.9 Å². The third-order valence-corrected chi connectivity index (χ3v) is 4.09. The van der Waals surface area contributed by atoms with Crippen molar-refractivity contribution < 1.29 is 21.5 Å². The lowest BCUT2D eigenvalue weighted by Crippen LogP contribution is -3.00. The number of rotatable bonds is 9. The number of quaternary nitrogens is 1. The van der Waals surface area contributed by atoms with Crippen molar-refractivity contribution in [3.8, 4) is 0 Å². The summed E-state index contributed by atoms with van der Waals surface area (Å²) in [5, 5.41) is 1.17. The number of unbranched alkanes of at least 4 members (excludes halogenated alkanes) is 3. The molecular formula is C12H27Br2N. The summed E-state index contributed by atoms with van der Waals surface area (Å²) in [6.45, 7) is 12.2. The zero-order valence-electron chi connectivity index (χ0n) is 10.6. The van der Waals surface area contributed by atoms with Gasteiger partial charge in [-0.05, 0) is 40.0 Å². The van der Waals surface area contributed by atoms with Gasteiger partial charge >= 0.3 is 0 Å². The van der Waals surface area contributed by atoms with E-state index in [0.717, 1.165) is 0 Å². The van der Waals surface area contributed by atoms with Crippen LogP contribution in [0, 0.1) is 0 Å². The summed E-state index contributed by atoms with van der Waals surface area (Å²) in [7, 11) is 0. The van der Waals surface area contributed by atoms with E-state index in [1.807, 2.05) is 0 Å². The number of hydrogen-bond donors (Lipinski definition) is 0. The molecule has 0 heterocycles. The molecule has 0 aromatic heterocycles. The molecule has 3 heteroatoms. The van der Waals surface area contributed by atoms with Crippen molar-refractivity contribution in [1.29, 1.82) is 0 Å². The highest BCUT2D eigenvalue weighted by Gasteiger charge is 2.19. The average molecular weight is 345 g/mol. The summed E-state index contributed by atoms with van der Waals surface area (Å²) in [4.78, 5) is 0. The van der Waals surface area contributed by atoms with Gasteiger partial charge < -0.3 is 21.5 Å². The van der Waals surface area contributed by atoms with Gasteiger partial charge in [-0.15, -0.1) is 0 Å². The first-order valence-corrected chi connectivity index (χ1v) is 7.27. The number of alkyl halides is 1. The van der Waals surface area contributed by atoms with Crippen LogP contribution in [0.5, 0.6) is 0 Å². The number of hydrogen-bond acceptors (Lipinski definition) is 0. The highest BCUT2D eigenvalue weighted by Crippen LogP contribution is 2.10. The van der Waals surface area contributed by atoms with Crippen molar-refractivity contribution in [2.24, 2.45) is 0 Å². The Morgan fingerprint density at radius 1 is 0.800 bits per heavy atom. The maximum atomic E-state index is 3.48. The second-order valence-electron chi connectivity index (χ2n) is 4.12. The fourth-order valence-electron chi connectivity index (χ4n) is 2.04. The first kappa shape index (κ1) is 18.3. The first-order valence-electron chi connectivity index (χ1n) is 6.15. The Hall–Kier alpha value is 0.920. The fraction of sp³-hybridized carbons (Fsp3) is 1.00. The van der Waals surface area contributed by atoms with Gasteiger partial charge in [0.2, 0.25) is 0 Å². The van der Waals surface area contributed by atoms with Crippen LogP contribution in [0.1, 0.15) is 46.5 Å². The topological polar surface area (TPSA) is 0 Å². The van der Waals surface area contributed by atoms with Gasteiger partial charge in [-0.2, -0.15) is 0 Å². The van der Waals surface area contributed by atoms with E-state index >= 15 is 0 Å². The molecule has 0 aliphatic heterocycles.